The van der Waals surface area contributed by atoms with E-state index in [-0.39, 0.29) is 0 Å². The van der Waals surface area contributed by atoms with Crippen LogP contribution in [0.1, 0.15) is 12.7 Å². The second-order valence-electron chi connectivity index (χ2n) is 5.09. The van der Waals surface area contributed by atoms with Gasteiger partial charge in [-0.25, -0.2) is 4.98 Å². The molecule has 1 aromatic heterocycles. The second kappa shape index (κ2) is 5.17. The molecule has 1 aliphatic heterocycles. The summed E-state index contributed by atoms with van der Waals surface area (Å²) in [4.78, 5) is 4.67. The molecule has 2 heterocycles. The lowest BCUT2D eigenvalue weighted by Gasteiger charge is -2.18. The molecule has 0 bridgehead atoms. The third kappa shape index (κ3) is 2.25. The lowest BCUT2D eigenvalue weighted by atomic mass is 10.2. The number of ether oxygens (including phenoxy) is 2. The fourth-order valence-electron chi connectivity index (χ4n) is 2.48. The summed E-state index contributed by atoms with van der Waals surface area (Å²) in [6.45, 7) is 8.49. The number of nitrogens with two attached hydrogens (primary N) is 1. The highest BCUT2D eigenvalue weighted by molar-refractivity contribution is 5.81. The molecule has 3 rings (SSSR count). The number of hydrogen-bond donors (Lipinski definition) is 1. The molecule has 20 heavy (non-hydrogen) atoms. The molecular formula is C15H19N3O2. The Morgan fingerprint density at radius 1 is 1.35 bits per heavy atom. The third-order valence-corrected chi connectivity index (χ3v) is 3.29. The Morgan fingerprint density at radius 2 is 2.05 bits per heavy atom. The van der Waals surface area contributed by atoms with Crippen LogP contribution in [-0.2, 0) is 13.0 Å². The summed E-state index contributed by atoms with van der Waals surface area (Å²) in [5.74, 6) is 2.53. The number of hydrogen-bond acceptors (Lipinski definition) is 4. The summed E-state index contributed by atoms with van der Waals surface area (Å²) in [7, 11) is 0. The van der Waals surface area contributed by atoms with Gasteiger partial charge in [-0.15, -0.1) is 0 Å². The SMILES string of the molecule is C=C(C)Cn1c(CCN)nc2cc3c(cc21)OCCO3. The molecule has 0 saturated heterocycles. The van der Waals surface area contributed by atoms with Crippen molar-refractivity contribution < 1.29 is 9.47 Å². The monoisotopic (exact) mass is 273 g/mol. The lowest BCUT2D eigenvalue weighted by Crippen LogP contribution is -2.15. The van der Waals surface area contributed by atoms with Gasteiger partial charge < -0.3 is 19.8 Å². The van der Waals surface area contributed by atoms with E-state index in [0.717, 1.165) is 46.9 Å². The molecule has 1 aliphatic rings. The van der Waals surface area contributed by atoms with Crippen molar-refractivity contribution in [3.8, 4) is 11.5 Å². The Morgan fingerprint density at radius 3 is 2.70 bits per heavy atom. The Hall–Kier alpha value is -2.01. The van der Waals surface area contributed by atoms with Gasteiger partial charge in [0.2, 0.25) is 0 Å². The van der Waals surface area contributed by atoms with Crippen LogP contribution in [0.3, 0.4) is 0 Å². The van der Waals surface area contributed by atoms with Crippen molar-refractivity contribution in [2.24, 2.45) is 5.73 Å². The van der Waals surface area contributed by atoms with Crippen molar-refractivity contribution in [3.63, 3.8) is 0 Å². The molecule has 0 amide bonds. The van der Waals surface area contributed by atoms with Gasteiger partial charge in [0.05, 0.1) is 11.0 Å². The number of aromatic nitrogens is 2. The number of rotatable bonds is 4. The predicted octanol–water partition coefficient (Wildman–Crippen LogP) is 1.88. The average molecular weight is 273 g/mol. The molecule has 5 heteroatoms. The van der Waals surface area contributed by atoms with E-state index < -0.39 is 0 Å². The van der Waals surface area contributed by atoms with Gasteiger partial charge in [0.15, 0.2) is 11.5 Å². The fraction of sp³-hybridized carbons (Fsp3) is 0.400. The fourth-order valence-corrected chi connectivity index (χ4v) is 2.48. The standard InChI is InChI=1S/C15H19N3O2/c1-10(2)9-18-12-8-14-13(19-5-6-20-14)7-11(12)17-15(18)3-4-16/h7-8H,1,3-6,9,16H2,2H3. The van der Waals surface area contributed by atoms with Gasteiger partial charge in [0.1, 0.15) is 19.0 Å². The van der Waals surface area contributed by atoms with Crippen molar-refractivity contribution in [3.05, 3.63) is 30.1 Å². The van der Waals surface area contributed by atoms with Gasteiger partial charge in [-0.05, 0) is 13.5 Å². The second-order valence-corrected chi connectivity index (χ2v) is 5.09. The summed E-state index contributed by atoms with van der Waals surface area (Å²) >= 11 is 0. The first-order valence-corrected chi connectivity index (χ1v) is 6.82. The third-order valence-electron chi connectivity index (χ3n) is 3.29. The number of nitrogens with zero attached hydrogens (tertiary/aromatic N) is 2. The molecule has 0 atom stereocenters. The predicted molar refractivity (Wildman–Crippen MR) is 78.3 cm³/mol. The minimum absolute atomic E-state index is 0.576. The molecule has 0 saturated carbocycles. The van der Waals surface area contributed by atoms with Crippen LogP contribution >= 0.6 is 0 Å². The summed E-state index contributed by atoms with van der Waals surface area (Å²) < 4.78 is 13.4. The van der Waals surface area contributed by atoms with Crippen LogP contribution in [-0.4, -0.2) is 29.3 Å². The van der Waals surface area contributed by atoms with Crippen LogP contribution in [0.5, 0.6) is 11.5 Å². The first-order chi connectivity index (χ1) is 9.69. The van der Waals surface area contributed by atoms with E-state index in [0.29, 0.717) is 19.8 Å². The summed E-state index contributed by atoms with van der Waals surface area (Å²) in [6, 6.07) is 3.94. The number of benzene rings is 1. The van der Waals surface area contributed by atoms with E-state index in [2.05, 4.69) is 16.1 Å². The van der Waals surface area contributed by atoms with Crippen molar-refractivity contribution >= 4 is 11.0 Å². The molecular weight excluding hydrogens is 254 g/mol. The topological polar surface area (TPSA) is 62.3 Å². The average Bonchev–Trinajstić information content (AvgIpc) is 2.74. The molecule has 0 aliphatic carbocycles. The van der Waals surface area contributed by atoms with Gasteiger partial charge in [0.25, 0.3) is 0 Å². The van der Waals surface area contributed by atoms with E-state index in [9.17, 15) is 0 Å². The Kier molecular flexibility index (Phi) is 3.36. The van der Waals surface area contributed by atoms with E-state index >= 15 is 0 Å². The smallest absolute Gasteiger partial charge is 0.163 e. The van der Waals surface area contributed by atoms with Crippen LogP contribution in [0, 0.1) is 0 Å². The van der Waals surface area contributed by atoms with E-state index in [1.165, 1.54) is 0 Å². The molecule has 0 spiro atoms. The molecule has 0 unspecified atom stereocenters. The van der Waals surface area contributed by atoms with Crippen molar-refractivity contribution in [2.75, 3.05) is 19.8 Å². The molecule has 5 nitrogen and oxygen atoms in total. The Bertz CT molecular complexity index is 661. The van der Waals surface area contributed by atoms with Crippen LogP contribution < -0.4 is 15.2 Å². The van der Waals surface area contributed by atoms with Crippen molar-refractivity contribution in [2.45, 2.75) is 19.9 Å². The molecule has 0 fully saturated rings. The lowest BCUT2D eigenvalue weighted by molar-refractivity contribution is 0.172. The number of imidazole rings is 1. The molecule has 2 aromatic rings. The maximum absolute atomic E-state index is 5.68. The first-order valence-electron chi connectivity index (χ1n) is 6.82. The van der Waals surface area contributed by atoms with E-state index in [4.69, 9.17) is 15.2 Å². The highest BCUT2D eigenvalue weighted by atomic mass is 16.6. The zero-order valence-electron chi connectivity index (χ0n) is 11.7. The summed E-state index contributed by atoms with van der Waals surface area (Å²) in [5, 5.41) is 0. The Balaban J connectivity index is 2.15. The van der Waals surface area contributed by atoms with Crippen molar-refractivity contribution in [1.82, 2.24) is 9.55 Å². The maximum Gasteiger partial charge on any atom is 0.163 e. The summed E-state index contributed by atoms with van der Waals surface area (Å²) in [6.07, 6.45) is 0.744. The van der Waals surface area contributed by atoms with E-state index in [1.807, 2.05) is 19.1 Å². The number of fused-ring (bicyclic) bond motifs is 2. The van der Waals surface area contributed by atoms with Crippen LogP contribution in [0.25, 0.3) is 11.0 Å². The minimum Gasteiger partial charge on any atom is -0.486 e. The minimum atomic E-state index is 0.576. The normalized spacial score (nSPS) is 13.7. The largest absolute Gasteiger partial charge is 0.486 e. The van der Waals surface area contributed by atoms with Crippen LogP contribution in [0.15, 0.2) is 24.3 Å². The van der Waals surface area contributed by atoms with Crippen molar-refractivity contribution in [1.29, 1.82) is 0 Å². The maximum atomic E-state index is 5.68. The quantitative estimate of drug-likeness (QED) is 0.864. The Labute approximate surface area is 118 Å². The van der Waals surface area contributed by atoms with Crippen LogP contribution in [0.2, 0.25) is 0 Å². The highest BCUT2D eigenvalue weighted by Gasteiger charge is 2.17. The zero-order valence-corrected chi connectivity index (χ0v) is 11.7. The van der Waals surface area contributed by atoms with Gasteiger partial charge in [0, 0.05) is 25.1 Å². The van der Waals surface area contributed by atoms with E-state index in [1.54, 1.807) is 0 Å². The van der Waals surface area contributed by atoms with Gasteiger partial charge >= 0.3 is 0 Å². The van der Waals surface area contributed by atoms with Crippen LogP contribution in [0.4, 0.5) is 0 Å². The molecule has 106 valence electrons. The van der Waals surface area contributed by atoms with Gasteiger partial charge in [-0.1, -0.05) is 12.2 Å². The molecule has 1 aromatic carbocycles. The summed E-state index contributed by atoms with van der Waals surface area (Å²) in [5.41, 5.74) is 8.72. The number of allylic oxidation sites excluding steroid dienone is 1. The van der Waals surface area contributed by atoms with Gasteiger partial charge in [-0.3, -0.25) is 0 Å². The molecule has 2 N–H and O–H groups in total. The van der Waals surface area contributed by atoms with Gasteiger partial charge in [-0.2, -0.15) is 0 Å². The zero-order chi connectivity index (χ0) is 14.1. The first kappa shape index (κ1) is 13.0. The highest BCUT2D eigenvalue weighted by Crippen LogP contribution is 2.35. The molecule has 0 radical (unpaired) electrons.